The molecule has 0 saturated carbocycles. The number of hydrogen-bond donors (Lipinski definition) is 1. The van der Waals surface area contributed by atoms with Gasteiger partial charge in [-0.15, -0.1) is 0 Å². The lowest BCUT2D eigenvalue weighted by atomic mass is 10.1. The summed E-state index contributed by atoms with van der Waals surface area (Å²) < 4.78 is 43.7. The Labute approximate surface area is 169 Å². The van der Waals surface area contributed by atoms with Crippen LogP contribution in [0.5, 0.6) is 11.5 Å². The van der Waals surface area contributed by atoms with Gasteiger partial charge >= 0.3 is 11.9 Å². The summed E-state index contributed by atoms with van der Waals surface area (Å²) in [7, 11) is 0. The number of halogens is 4. The van der Waals surface area contributed by atoms with Gasteiger partial charge in [0.15, 0.2) is 0 Å². The molecule has 1 aliphatic rings. The van der Waals surface area contributed by atoms with Crippen LogP contribution in [-0.4, -0.2) is 16.1 Å². The third-order valence-corrected chi connectivity index (χ3v) is 4.70. The summed E-state index contributed by atoms with van der Waals surface area (Å²) in [5.74, 6) is -1.03. The molecule has 150 valence electrons. The SMILES string of the molecule is O=C1NC(=O)/C(=C\c2ccc(Oc3ccc(C(F)(F)F)cc3[N+](=O)[O-])c(Cl)c2)S1. The quantitative estimate of drug-likeness (QED) is 0.386. The lowest BCUT2D eigenvalue weighted by molar-refractivity contribution is -0.385. The first-order valence-corrected chi connectivity index (χ1v) is 8.82. The Morgan fingerprint density at radius 1 is 1.14 bits per heavy atom. The van der Waals surface area contributed by atoms with Crippen molar-refractivity contribution in [2.45, 2.75) is 6.18 Å². The summed E-state index contributed by atoms with van der Waals surface area (Å²) in [5, 5.41) is 12.7. The lowest BCUT2D eigenvalue weighted by Gasteiger charge is -2.11. The topological polar surface area (TPSA) is 98.5 Å². The number of amides is 2. The van der Waals surface area contributed by atoms with E-state index in [1.165, 1.54) is 24.3 Å². The first kappa shape index (κ1) is 20.7. The Morgan fingerprint density at radius 2 is 1.83 bits per heavy atom. The summed E-state index contributed by atoms with van der Waals surface area (Å²) in [5.41, 5.74) is -1.62. The fourth-order valence-corrected chi connectivity index (χ4v) is 3.21. The predicted octanol–water partition coefficient (Wildman–Crippen LogP) is 5.38. The van der Waals surface area contributed by atoms with Crippen molar-refractivity contribution in [2.75, 3.05) is 0 Å². The number of rotatable bonds is 4. The van der Waals surface area contributed by atoms with Crippen molar-refractivity contribution in [3.05, 3.63) is 67.6 Å². The molecule has 0 aliphatic carbocycles. The van der Waals surface area contributed by atoms with Crippen LogP contribution in [0.3, 0.4) is 0 Å². The Balaban J connectivity index is 1.89. The van der Waals surface area contributed by atoms with Gasteiger partial charge in [-0.3, -0.25) is 25.0 Å². The summed E-state index contributed by atoms with van der Waals surface area (Å²) in [6.45, 7) is 0. The zero-order valence-electron chi connectivity index (χ0n) is 14.0. The molecule has 2 aromatic carbocycles. The van der Waals surface area contributed by atoms with Gasteiger partial charge in [0.1, 0.15) is 5.75 Å². The zero-order chi connectivity index (χ0) is 21.3. The molecule has 0 radical (unpaired) electrons. The minimum Gasteiger partial charge on any atom is -0.449 e. The maximum atomic E-state index is 12.8. The normalized spacial score (nSPS) is 15.5. The van der Waals surface area contributed by atoms with E-state index in [0.29, 0.717) is 29.5 Å². The predicted molar refractivity (Wildman–Crippen MR) is 98.7 cm³/mol. The minimum atomic E-state index is -4.75. The molecule has 1 heterocycles. The molecule has 0 bridgehead atoms. The van der Waals surface area contributed by atoms with Gasteiger partial charge in [0, 0.05) is 6.07 Å². The van der Waals surface area contributed by atoms with E-state index in [0.717, 1.165) is 6.07 Å². The standard InChI is InChI=1S/C17H8ClF3N2O5S/c18-10-5-8(6-14-15(24)22-16(25)29-14)1-3-12(10)28-13-4-2-9(17(19,20)21)7-11(13)23(26)27/h1-7H,(H,22,24,25)/b14-6+. The van der Waals surface area contributed by atoms with Crippen LogP contribution in [0.25, 0.3) is 6.08 Å². The summed E-state index contributed by atoms with van der Waals surface area (Å²) in [4.78, 5) is 33.0. The highest BCUT2D eigenvalue weighted by atomic mass is 35.5. The molecule has 0 unspecified atom stereocenters. The number of alkyl halides is 3. The van der Waals surface area contributed by atoms with Crippen molar-refractivity contribution in [3.63, 3.8) is 0 Å². The van der Waals surface area contributed by atoms with Gasteiger partial charge in [-0.1, -0.05) is 17.7 Å². The number of benzene rings is 2. The summed E-state index contributed by atoms with van der Waals surface area (Å²) in [6.07, 6.45) is -3.34. The molecule has 0 spiro atoms. The molecule has 3 rings (SSSR count). The van der Waals surface area contributed by atoms with Crippen molar-refractivity contribution in [1.82, 2.24) is 5.32 Å². The number of imide groups is 1. The Hall–Kier alpha value is -3.05. The van der Waals surface area contributed by atoms with Crippen LogP contribution in [0.4, 0.5) is 23.7 Å². The Bertz CT molecular complexity index is 1070. The van der Waals surface area contributed by atoms with Crippen molar-refractivity contribution in [1.29, 1.82) is 0 Å². The smallest absolute Gasteiger partial charge is 0.416 e. The van der Waals surface area contributed by atoms with E-state index in [4.69, 9.17) is 16.3 Å². The largest absolute Gasteiger partial charge is 0.449 e. The molecule has 1 saturated heterocycles. The van der Waals surface area contributed by atoms with E-state index in [2.05, 4.69) is 5.32 Å². The van der Waals surface area contributed by atoms with Crippen LogP contribution < -0.4 is 10.1 Å². The monoisotopic (exact) mass is 444 g/mol. The molecule has 1 aliphatic heterocycles. The third-order valence-electron chi connectivity index (χ3n) is 3.60. The molecular weight excluding hydrogens is 437 g/mol. The van der Waals surface area contributed by atoms with Crippen LogP contribution in [-0.2, 0) is 11.0 Å². The second-order valence-electron chi connectivity index (χ2n) is 5.58. The Morgan fingerprint density at radius 3 is 2.38 bits per heavy atom. The van der Waals surface area contributed by atoms with Gasteiger partial charge in [-0.05, 0) is 47.7 Å². The highest BCUT2D eigenvalue weighted by Crippen LogP contribution is 2.39. The molecule has 29 heavy (non-hydrogen) atoms. The summed E-state index contributed by atoms with van der Waals surface area (Å²) in [6, 6.07) is 6.02. The van der Waals surface area contributed by atoms with E-state index >= 15 is 0 Å². The molecular formula is C17H8ClF3N2O5S. The minimum absolute atomic E-state index is 0.0109. The lowest BCUT2D eigenvalue weighted by Crippen LogP contribution is -2.17. The van der Waals surface area contributed by atoms with Gasteiger partial charge in [0.2, 0.25) is 5.75 Å². The van der Waals surface area contributed by atoms with Crippen LogP contribution >= 0.6 is 23.4 Å². The fraction of sp³-hybridized carbons (Fsp3) is 0.0588. The van der Waals surface area contributed by atoms with Crippen molar-refractivity contribution in [2.24, 2.45) is 0 Å². The number of carbonyl (C=O) groups excluding carboxylic acids is 2. The molecule has 2 aromatic rings. The number of carbonyl (C=O) groups is 2. The fourth-order valence-electron chi connectivity index (χ4n) is 2.30. The van der Waals surface area contributed by atoms with Crippen LogP contribution in [0.15, 0.2) is 41.3 Å². The van der Waals surface area contributed by atoms with Crippen molar-refractivity contribution in [3.8, 4) is 11.5 Å². The number of hydrogen-bond acceptors (Lipinski definition) is 6. The van der Waals surface area contributed by atoms with E-state index in [-0.39, 0.29) is 15.7 Å². The van der Waals surface area contributed by atoms with Gasteiger partial charge in [-0.2, -0.15) is 13.2 Å². The average molecular weight is 445 g/mol. The number of nitro groups is 1. The maximum absolute atomic E-state index is 12.8. The highest BCUT2D eigenvalue weighted by molar-refractivity contribution is 8.18. The highest BCUT2D eigenvalue weighted by Gasteiger charge is 2.33. The van der Waals surface area contributed by atoms with Crippen LogP contribution in [0.2, 0.25) is 5.02 Å². The molecule has 1 N–H and O–H groups in total. The van der Waals surface area contributed by atoms with Gasteiger partial charge in [0.25, 0.3) is 11.1 Å². The van der Waals surface area contributed by atoms with Gasteiger partial charge < -0.3 is 4.74 Å². The number of ether oxygens (including phenoxy) is 1. The number of thioether (sulfide) groups is 1. The van der Waals surface area contributed by atoms with Gasteiger partial charge in [-0.25, -0.2) is 0 Å². The Kier molecular flexibility index (Phi) is 5.53. The number of nitrogens with zero attached hydrogens (tertiary/aromatic N) is 1. The molecule has 0 atom stereocenters. The second-order valence-corrected chi connectivity index (χ2v) is 7.00. The third kappa shape index (κ3) is 4.69. The van der Waals surface area contributed by atoms with E-state index in [1.807, 2.05) is 0 Å². The van der Waals surface area contributed by atoms with E-state index in [9.17, 15) is 32.9 Å². The molecule has 12 heteroatoms. The maximum Gasteiger partial charge on any atom is 0.416 e. The zero-order valence-corrected chi connectivity index (χ0v) is 15.5. The van der Waals surface area contributed by atoms with Crippen LogP contribution in [0, 0.1) is 10.1 Å². The first-order chi connectivity index (χ1) is 13.5. The second kappa shape index (κ2) is 7.76. The first-order valence-electron chi connectivity index (χ1n) is 7.62. The van der Waals surface area contributed by atoms with Crippen molar-refractivity contribution < 1.29 is 32.4 Å². The van der Waals surface area contributed by atoms with E-state index < -0.39 is 39.2 Å². The molecule has 7 nitrogen and oxygen atoms in total. The molecule has 2 amide bonds. The molecule has 1 fully saturated rings. The van der Waals surface area contributed by atoms with Crippen molar-refractivity contribution >= 4 is 46.3 Å². The summed E-state index contributed by atoms with van der Waals surface area (Å²) >= 11 is 6.80. The molecule has 0 aromatic heterocycles. The van der Waals surface area contributed by atoms with Gasteiger partial charge in [0.05, 0.1) is 20.4 Å². The average Bonchev–Trinajstić information content (AvgIpc) is 2.93. The van der Waals surface area contributed by atoms with E-state index in [1.54, 1.807) is 0 Å². The van der Waals surface area contributed by atoms with Crippen LogP contribution in [0.1, 0.15) is 11.1 Å². The number of nitrogens with one attached hydrogen (secondary N) is 1. The number of nitro benzene ring substituents is 1.